The highest BCUT2D eigenvalue weighted by molar-refractivity contribution is 5.91. The highest BCUT2D eigenvalue weighted by atomic mass is 19.1. The number of rotatable bonds is 28. The topological polar surface area (TPSA) is 464 Å². The molecule has 120 heavy (non-hydrogen) atoms. The molecule has 5 aromatic carbocycles. The number of carboxylic acids is 3. The van der Waals surface area contributed by atoms with Crippen molar-refractivity contribution in [1.82, 2.24) is 49.6 Å². The molecule has 9 aromatic rings. The van der Waals surface area contributed by atoms with Crippen molar-refractivity contribution in [2.24, 2.45) is 0 Å². The van der Waals surface area contributed by atoms with Gasteiger partial charge >= 0.3 is 53.1 Å². The van der Waals surface area contributed by atoms with Gasteiger partial charge in [-0.1, -0.05) is 121 Å². The standard InChI is InChI=1S/C28H29N5O8.C27H27FN4O8.C27H28N4O8/c1-2-29-27(36)31-21-12-14-33(28(37)32-21)25-24-23(40-22(41-24)11-10-17-7-4-3-5-8-17)20(39-25)16-38-15-19-18(26(34)35)9-6-13-30-19;1-2-29-26(35)30-20-11-12-32(27(36)31-20)23-22-21(39-25(40-22)15-7-4-3-5-8-15)19(38-23)14-37-13-17-16(24(33)34)9-6-10-18(17)28;1-2-28-26(34)29-20-12-13-31(27(35)30-20)23-22-21(38-25(39-22)16-8-4-3-5-9-16)19(37-23)15-36-14-17-10-6-7-11-18(17)24(32)33/h3-14,20,22-25H,2,15-16H2,1H3,(H,34,35)(H2,29,31,32,36,37);3-12,19,21-23,25H,2,13-14H2,1H3,(H,33,34)(H2,29,30,31,35,36);3-13,19,21-23,25H,2,14-15H2,1H3,(H,32,33)(H2,28,29,30,34,35)/b11-10+;;/t20-,22+,23?,24+,25-;2*19-,21?,22+,23-,25+/m111/s1. The Morgan fingerprint density at radius 2 is 0.825 bits per heavy atom. The number of ether oxygens (including phenoxy) is 12. The Morgan fingerprint density at radius 3 is 1.28 bits per heavy atom. The summed E-state index contributed by atoms with van der Waals surface area (Å²) in [5.74, 6) is -3.88. The molecular formula is C82H84FN13O24. The van der Waals surface area contributed by atoms with Gasteiger partial charge in [-0.25, -0.2) is 47.5 Å². The number of carbonyl (C=O) groups is 6. The number of aromatic nitrogens is 7. The second-order valence-electron chi connectivity index (χ2n) is 27.3. The average molecular weight is 1650 g/mol. The van der Waals surface area contributed by atoms with Gasteiger partial charge in [0.05, 0.1) is 62.0 Å². The summed E-state index contributed by atoms with van der Waals surface area (Å²) in [5, 5.41) is 43.4. The molecule has 6 aliphatic rings. The van der Waals surface area contributed by atoms with Gasteiger partial charge in [-0.3, -0.25) is 34.6 Å². The normalized spacial score (nSPS) is 23.6. The Labute approximate surface area is 682 Å². The molecule has 4 aromatic heterocycles. The molecule has 37 nitrogen and oxygen atoms in total. The minimum absolute atomic E-state index is 0.0186. The van der Waals surface area contributed by atoms with E-state index in [0.717, 1.165) is 22.8 Å². The molecule has 38 heteroatoms. The van der Waals surface area contributed by atoms with Crippen molar-refractivity contribution < 1.29 is 105 Å². The van der Waals surface area contributed by atoms with Crippen LogP contribution in [0.5, 0.6) is 0 Å². The fourth-order valence-corrected chi connectivity index (χ4v) is 13.8. The predicted octanol–water partition coefficient (Wildman–Crippen LogP) is 7.91. The summed E-state index contributed by atoms with van der Waals surface area (Å²) in [6.07, 6.45) is -1.28. The zero-order valence-electron chi connectivity index (χ0n) is 64.5. The molecular weight excluding hydrogens is 1570 g/mol. The number of amides is 6. The number of benzene rings is 5. The van der Waals surface area contributed by atoms with Gasteiger partial charge < -0.3 is 88.1 Å². The lowest BCUT2D eigenvalue weighted by Gasteiger charge is -2.22. The number of nitrogens with one attached hydrogen (secondary N) is 6. The monoisotopic (exact) mass is 1650 g/mol. The number of aromatic carboxylic acids is 3. The summed E-state index contributed by atoms with van der Waals surface area (Å²) in [6.45, 7) is 6.19. The Balaban J connectivity index is 0.000000156. The van der Waals surface area contributed by atoms with Crippen LogP contribution in [0.25, 0.3) is 6.08 Å². The number of pyridine rings is 1. The minimum Gasteiger partial charge on any atom is -0.478 e. The molecule has 3 unspecified atom stereocenters. The van der Waals surface area contributed by atoms with Crippen LogP contribution >= 0.6 is 0 Å². The van der Waals surface area contributed by atoms with E-state index in [0.29, 0.717) is 25.2 Å². The number of nitrogens with zero attached hydrogens (tertiary/aromatic N) is 7. The lowest BCUT2D eigenvalue weighted by molar-refractivity contribution is -0.159. The zero-order chi connectivity index (χ0) is 84.3. The van der Waals surface area contributed by atoms with Crippen LogP contribution in [-0.2, 0) is 76.7 Å². The summed E-state index contributed by atoms with van der Waals surface area (Å²) >= 11 is 0. The van der Waals surface area contributed by atoms with Crippen molar-refractivity contribution in [3.05, 3.63) is 282 Å². The first-order valence-electron chi connectivity index (χ1n) is 38.1. The number of carbonyl (C=O) groups excluding carboxylic acids is 3. The molecule has 6 aliphatic heterocycles. The molecule has 15 atom stereocenters. The third-order valence-corrected chi connectivity index (χ3v) is 19.3. The summed E-state index contributed by atoms with van der Waals surface area (Å²) in [6, 6.07) is 44.6. The minimum atomic E-state index is -1.27. The zero-order valence-corrected chi connectivity index (χ0v) is 64.5. The van der Waals surface area contributed by atoms with Gasteiger partial charge in [-0.15, -0.1) is 0 Å². The summed E-state index contributed by atoms with van der Waals surface area (Å²) in [4.78, 5) is 125. The summed E-state index contributed by atoms with van der Waals surface area (Å²) in [7, 11) is 0. The molecule has 6 saturated heterocycles. The third kappa shape index (κ3) is 20.9. The van der Waals surface area contributed by atoms with Gasteiger partial charge in [-0.2, -0.15) is 15.0 Å². The van der Waals surface area contributed by atoms with E-state index in [-0.39, 0.29) is 85.0 Å². The highest BCUT2D eigenvalue weighted by Crippen LogP contribution is 2.46. The molecule has 0 saturated carbocycles. The van der Waals surface area contributed by atoms with E-state index in [9.17, 15) is 62.9 Å². The van der Waals surface area contributed by atoms with Crippen molar-refractivity contribution in [1.29, 1.82) is 0 Å². The van der Waals surface area contributed by atoms with Crippen LogP contribution in [0.1, 0.15) is 117 Å². The van der Waals surface area contributed by atoms with E-state index in [2.05, 4.69) is 51.8 Å². The Morgan fingerprint density at radius 1 is 0.433 bits per heavy atom. The van der Waals surface area contributed by atoms with E-state index < -0.39 is 151 Å². The molecule has 628 valence electrons. The molecule has 6 amide bonds. The van der Waals surface area contributed by atoms with E-state index in [4.69, 9.17) is 56.8 Å². The molecule has 0 radical (unpaired) electrons. The van der Waals surface area contributed by atoms with Crippen molar-refractivity contribution in [3.8, 4) is 0 Å². The van der Waals surface area contributed by atoms with E-state index in [1.54, 1.807) is 45.0 Å². The SMILES string of the molecule is CCNC(=O)Nc1ccn([C@@H]2O[C@H](COCc3c(F)cccc3C(=O)O)C3O[C@H](c4ccccc4)O[C@@H]32)c(=O)n1.CCNC(=O)Nc1ccn([C@@H]2O[C@H](COCc3ccccc3C(=O)O)C3O[C@H](c4ccccc4)O[C@@H]32)c(=O)n1.CCNC(=O)Nc1ccn([C@@H]2O[C@H](COCc3ncccc3C(=O)O)C3O[C@H](/C=C/c4ccccc4)O[C@@H]32)c(=O)n1. The lowest BCUT2D eigenvalue weighted by Crippen LogP contribution is -2.35. The van der Waals surface area contributed by atoms with Gasteiger partial charge in [0.2, 0.25) is 0 Å². The summed E-state index contributed by atoms with van der Waals surface area (Å²) in [5.41, 5.74) is 1.25. The second-order valence-corrected chi connectivity index (χ2v) is 27.3. The molecule has 0 bridgehead atoms. The summed E-state index contributed by atoms with van der Waals surface area (Å²) < 4.78 is 91.1. The molecule has 0 aliphatic carbocycles. The van der Waals surface area contributed by atoms with Crippen LogP contribution in [-0.4, -0.2) is 186 Å². The number of urea groups is 3. The van der Waals surface area contributed by atoms with Crippen LogP contribution in [0.3, 0.4) is 0 Å². The van der Waals surface area contributed by atoms with Gasteiger partial charge in [0.15, 0.2) is 37.6 Å². The van der Waals surface area contributed by atoms with Crippen molar-refractivity contribution in [2.75, 3.05) is 55.4 Å². The number of halogens is 1. The molecule has 9 N–H and O–H groups in total. The lowest BCUT2D eigenvalue weighted by atomic mass is 10.1. The van der Waals surface area contributed by atoms with E-state index in [1.165, 1.54) is 87.0 Å². The number of fused-ring (bicyclic) bond motifs is 3. The first kappa shape index (κ1) is 85.2. The van der Waals surface area contributed by atoms with Gasteiger partial charge in [-0.05, 0) is 86.5 Å². The number of anilines is 3. The number of hydrogen-bond donors (Lipinski definition) is 9. The number of carboxylic acid groups (broad SMARTS) is 3. The smallest absolute Gasteiger partial charge is 0.351 e. The Hall–Kier alpha value is -12.7. The van der Waals surface area contributed by atoms with Crippen LogP contribution in [0.15, 0.2) is 209 Å². The Bertz CT molecular complexity index is 5310. The van der Waals surface area contributed by atoms with E-state index >= 15 is 0 Å². The average Bonchev–Trinajstić information content (AvgIpc) is 1.66. The maximum Gasteiger partial charge on any atom is 0.351 e. The van der Waals surface area contributed by atoms with Crippen molar-refractivity contribution >= 4 is 59.5 Å². The molecule has 6 fully saturated rings. The molecule has 15 rings (SSSR count). The third-order valence-electron chi connectivity index (χ3n) is 19.3. The highest BCUT2D eigenvalue weighted by Gasteiger charge is 2.57. The van der Waals surface area contributed by atoms with E-state index in [1.807, 2.05) is 97.1 Å². The van der Waals surface area contributed by atoms with Gasteiger partial charge in [0, 0.05) is 61.1 Å². The fourth-order valence-electron chi connectivity index (χ4n) is 13.8. The van der Waals surface area contributed by atoms with Gasteiger partial charge in [0.25, 0.3) is 0 Å². The fraction of sp³-hybridized carbons (Fsp3) is 0.329. The van der Waals surface area contributed by atoms with Crippen molar-refractivity contribution in [3.63, 3.8) is 0 Å². The first-order valence-corrected chi connectivity index (χ1v) is 38.1. The van der Waals surface area contributed by atoms with Crippen LogP contribution < -0.4 is 49.0 Å². The Kier molecular flexibility index (Phi) is 28.5. The maximum atomic E-state index is 14.4. The van der Waals surface area contributed by atoms with Crippen molar-refractivity contribution in [2.45, 2.75) is 133 Å². The van der Waals surface area contributed by atoms with Crippen LogP contribution in [0, 0.1) is 5.82 Å². The number of hydrogen-bond acceptors (Lipinski definition) is 25. The van der Waals surface area contributed by atoms with Crippen LogP contribution in [0.2, 0.25) is 0 Å². The predicted molar refractivity (Wildman–Crippen MR) is 419 cm³/mol. The maximum absolute atomic E-state index is 14.4. The molecule has 10 heterocycles. The second kappa shape index (κ2) is 40.2. The van der Waals surface area contributed by atoms with Gasteiger partial charge in [0.1, 0.15) is 78.2 Å². The molecule has 0 spiro atoms. The first-order chi connectivity index (χ1) is 58.2. The quantitative estimate of drug-likeness (QED) is 0.0225. The largest absolute Gasteiger partial charge is 0.478 e. The van der Waals surface area contributed by atoms with Crippen LogP contribution in [0.4, 0.5) is 36.2 Å².